The fourth-order valence-electron chi connectivity index (χ4n) is 4.42. The molecule has 138 valence electrons. The molecule has 1 aliphatic heterocycles. The van der Waals surface area contributed by atoms with Crippen molar-refractivity contribution in [3.63, 3.8) is 0 Å². The van der Waals surface area contributed by atoms with Gasteiger partial charge in [0.1, 0.15) is 5.82 Å². The lowest BCUT2D eigenvalue weighted by Crippen LogP contribution is -2.49. The van der Waals surface area contributed by atoms with Crippen LogP contribution in [0.1, 0.15) is 32.4 Å². The molecule has 5 nitrogen and oxygen atoms in total. The summed E-state index contributed by atoms with van der Waals surface area (Å²) in [5.74, 6) is 0.0137. The molecule has 1 fully saturated rings. The van der Waals surface area contributed by atoms with Crippen molar-refractivity contribution in [3.8, 4) is 0 Å². The van der Waals surface area contributed by atoms with E-state index >= 15 is 0 Å². The number of hydrogen-bond acceptors (Lipinski definition) is 5. The lowest BCUT2D eigenvalue weighted by molar-refractivity contribution is 0.0667. The highest BCUT2D eigenvalue weighted by Gasteiger charge is 2.57. The lowest BCUT2D eigenvalue weighted by atomic mass is 9.54. The summed E-state index contributed by atoms with van der Waals surface area (Å²) < 4.78 is 37.3. The molecule has 0 saturated heterocycles. The second kappa shape index (κ2) is 5.53. The first-order valence-electron chi connectivity index (χ1n) is 8.06. The molecule has 1 aliphatic carbocycles. The average Bonchev–Trinajstić information content (AvgIpc) is 2.83. The third-order valence-electron chi connectivity index (χ3n) is 5.05. The normalized spacial score (nSPS) is 20.1. The molecule has 0 amide bonds. The second-order valence-corrected chi connectivity index (χ2v) is 10.7. The summed E-state index contributed by atoms with van der Waals surface area (Å²) in [6, 6.07) is 4.56. The highest BCUT2D eigenvalue weighted by Crippen LogP contribution is 2.60. The molecular formula is C17H16Cl2FN3O2S. The highest BCUT2D eigenvalue weighted by molar-refractivity contribution is 8.13. The zero-order valence-corrected chi connectivity index (χ0v) is 16.5. The number of nitrogens with zero attached hydrogens (tertiary/aromatic N) is 3. The van der Waals surface area contributed by atoms with E-state index in [0.29, 0.717) is 23.7 Å². The van der Waals surface area contributed by atoms with E-state index in [1.165, 1.54) is 12.1 Å². The number of halogens is 3. The van der Waals surface area contributed by atoms with E-state index in [4.69, 9.17) is 22.3 Å². The van der Waals surface area contributed by atoms with Gasteiger partial charge in [-0.3, -0.25) is 0 Å². The van der Waals surface area contributed by atoms with E-state index in [0.717, 1.165) is 19.0 Å². The molecular weight excluding hydrogens is 400 g/mol. The molecule has 0 atom stereocenters. The van der Waals surface area contributed by atoms with Crippen molar-refractivity contribution in [1.29, 1.82) is 0 Å². The van der Waals surface area contributed by atoms with E-state index in [-0.39, 0.29) is 20.9 Å². The fraction of sp³-hybridized carbons (Fsp3) is 0.412. The van der Waals surface area contributed by atoms with Gasteiger partial charge < -0.3 is 4.90 Å². The zero-order valence-electron chi connectivity index (χ0n) is 14.1. The van der Waals surface area contributed by atoms with Crippen LogP contribution in [0.25, 0.3) is 0 Å². The number of benzene rings is 1. The van der Waals surface area contributed by atoms with Gasteiger partial charge in [0.25, 0.3) is 9.05 Å². The lowest BCUT2D eigenvalue weighted by Gasteiger charge is -2.51. The van der Waals surface area contributed by atoms with Gasteiger partial charge in [-0.05, 0) is 36.5 Å². The maximum atomic E-state index is 13.9. The third kappa shape index (κ3) is 2.77. The van der Waals surface area contributed by atoms with Crippen LogP contribution in [0.15, 0.2) is 29.4 Å². The Morgan fingerprint density at radius 2 is 1.96 bits per heavy atom. The number of rotatable bonds is 2. The molecule has 0 N–H and O–H groups in total. The Labute approximate surface area is 160 Å². The van der Waals surface area contributed by atoms with Crippen LogP contribution < -0.4 is 4.90 Å². The van der Waals surface area contributed by atoms with Gasteiger partial charge in [0.05, 0.1) is 16.9 Å². The minimum Gasteiger partial charge on any atom is -0.324 e. The maximum absolute atomic E-state index is 13.9. The van der Waals surface area contributed by atoms with Gasteiger partial charge >= 0.3 is 0 Å². The van der Waals surface area contributed by atoms with Gasteiger partial charge in [0, 0.05) is 28.3 Å². The van der Waals surface area contributed by atoms with Crippen LogP contribution in [0.2, 0.25) is 5.02 Å². The average molecular weight is 416 g/mol. The molecule has 0 bridgehead atoms. The van der Waals surface area contributed by atoms with Gasteiger partial charge in [0.15, 0.2) is 10.8 Å². The van der Waals surface area contributed by atoms with Crippen LogP contribution in [-0.2, 0) is 14.5 Å². The first-order valence-corrected chi connectivity index (χ1v) is 10.7. The van der Waals surface area contributed by atoms with Crippen LogP contribution in [0.3, 0.4) is 0 Å². The van der Waals surface area contributed by atoms with Gasteiger partial charge in [-0.1, -0.05) is 25.4 Å². The van der Waals surface area contributed by atoms with E-state index < -0.39 is 14.9 Å². The Morgan fingerprint density at radius 3 is 2.54 bits per heavy atom. The van der Waals surface area contributed by atoms with Crippen molar-refractivity contribution >= 4 is 42.8 Å². The Morgan fingerprint density at radius 1 is 1.27 bits per heavy atom. The van der Waals surface area contributed by atoms with Crippen molar-refractivity contribution in [2.24, 2.45) is 5.41 Å². The van der Waals surface area contributed by atoms with Crippen LogP contribution in [0.4, 0.5) is 15.9 Å². The Kier molecular flexibility index (Phi) is 3.82. The summed E-state index contributed by atoms with van der Waals surface area (Å²) in [5.41, 5.74) is 1.01. The van der Waals surface area contributed by atoms with Crippen molar-refractivity contribution < 1.29 is 12.8 Å². The Bertz CT molecular complexity index is 1020. The maximum Gasteiger partial charge on any atom is 0.280 e. The van der Waals surface area contributed by atoms with Gasteiger partial charge in [-0.2, -0.15) is 0 Å². The highest BCUT2D eigenvalue weighted by atomic mass is 35.7. The molecule has 2 aromatic rings. The molecule has 1 spiro atoms. The van der Waals surface area contributed by atoms with Crippen molar-refractivity contribution in [1.82, 2.24) is 9.97 Å². The predicted octanol–water partition coefficient (Wildman–Crippen LogP) is 4.41. The minimum absolute atomic E-state index is 0.0438. The Hall–Kier alpha value is -1.44. The Balaban J connectivity index is 1.85. The summed E-state index contributed by atoms with van der Waals surface area (Å²) in [6.07, 6.45) is 2.81. The molecule has 1 saturated carbocycles. The first-order chi connectivity index (χ1) is 12.0. The van der Waals surface area contributed by atoms with Gasteiger partial charge in [-0.15, -0.1) is 0 Å². The van der Waals surface area contributed by atoms with Gasteiger partial charge in [-0.25, -0.2) is 22.8 Å². The molecule has 2 heterocycles. The van der Waals surface area contributed by atoms with E-state index in [9.17, 15) is 12.8 Å². The van der Waals surface area contributed by atoms with Crippen LogP contribution in [0, 0.1) is 11.2 Å². The van der Waals surface area contributed by atoms with Crippen molar-refractivity contribution in [3.05, 3.63) is 40.9 Å². The number of fused-ring (bicyclic) bond motifs is 2. The molecule has 0 unspecified atom stereocenters. The summed E-state index contributed by atoms with van der Waals surface area (Å²) in [5, 5.41) is -0.214. The fourth-order valence-corrected chi connectivity index (χ4v) is 5.14. The standard InChI is InChI=1S/C17H16Cl2FN3O2S/c1-16(2)7-17(8-16)9-23(10-3-4-11(18)12(20)5-10)15-14(17)22-13(6-21-15)26(19,24)25/h3-6H,7-9H2,1-2H3. The van der Waals surface area contributed by atoms with Crippen LogP contribution in [-0.4, -0.2) is 24.9 Å². The molecule has 0 radical (unpaired) electrons. The molecule has 2 aliphatic rings. The molecule has 4 rings (SSSR count). The molecule has 1 aromatic carbocycles. The van der Waals surface area contributed by atoms with Crippen molar-refractivity contribution in [2.75, 3.05) is 11.4 Å². The molecule has 1 aromatic heterocycles. The monoisotopic (exact) mass is 415 g/mol. The van der Waals surface area contributed by atoms with Crippen LogP contribution >= 0.6 is 22.3 Å². The first kappa shape index (κ1) is 17.9. The quantitative estimate of drug-likeness (QED) is 0.679. The minimum atomic E-state index is -3.98. The zero-order chi connectivity index (χ0) is 18.9. The summed E-state index contributed by atoms with van der Waals surface area (Å²) in [4.78, 5) is 10.5. The summed E-state index contributed by atoms with van der Waals surface area (Å²) in [7, 11) is 1.47. The predicted molar refractivity (Wildman–Crippen MR) is 98.2 cm³/mol. The van der Waals surface area contributed by atoms with E-state index in [1.807, 2.05) is 4.90 Å². The number of anilines is 2. The number of hydrogen-bond donors (Lipinski definition) is 0. The molecule has 9 heteroatoms. The summed E-state index contributed by atoms with van der Waals surface area (Å²) >= 11 is 5.79. The molecule has 26 heavy (non-hydrogen) atoms. The van der Waals surface area contributed by atoms with Crippen LogP contribution in [0.5, 0.6) is 0 Å². The van der Waals surface area contributed by atoms with E-state index in [1.54, 1.807) is 6.07 Å². The van der Waals surface area contributed by atoms with Gasteiger partial charge in [0.2, 0.25) is 0 Å². The number of aromatic nitrogens is 2. The smallest absolute Gasteiger partial charge is 0.280 e. The largest absolute Gasteiger partial charge is 0.324 e. The van der Waals surface area contributed by atoms with Crippen molar-refractivity contribution in [2.45, 2.75) is 37.1 Å². The SMILES string of the molecule is CC1(C)CC2(CN(c3ccc(Cl)c(F)c3)c3ncc(S(=O)(=O)Cl)nc32)C1. The summed E-state index contributed by atoms with van der Waals surface area (Å²) in [6.45, 7) is 4.86. The second-order valence-electron chi connectivity index (χ2n) is 7.80. The van der Waals surface area contributed by atoms with E-state index in [2.05, 4.69) is 23.8 Å². The third-order valence-corrected chi connectivity index (χ3v) is 6.53. The topological polar surface area (TPSA) is 63.2 Å².